The molecule has 5 heteroatoms. The van der Waals surface area contributed by atoms with Gasteiger partial charge in [0, 0.05) is 34.7 Å². The lowest BCUT2D eigenvalue weighted by atomic mass is 9.96. The molecule has 1 aliphatic rings. The van der Waals surface area contributed by atoms with Crippen molar-refractivity contribution in [3.63, 3.8) is 0 Å². The number of amides is 1. The van der Waals surface area contributed by atoms with E-state index in [0.29, 0.717) is 0 Å². The third kappa shape index (κ3) is 4.68. The fourth-order valence-corrected chi connectivity index (χ4v) is 5.06. The Kier molecular flexibility index (Phi) is 6.38. The number of hydrogen-bond acceptors (Lipinski definition) is 4. The highest BCUT2D eigenvalue weighted by atomic mass is 32.1. The van der Waals surface area contributed by atoms with Crippen molar-refractivity contribution in [3.8, 4) is 0 Å². The summed E-state index contributed by atoms with van der Waals surface area (Å²) in [5.74, 6) is -0.0605. The Morgan fingerprint density at radius 2 is 1.93 bits per heavy atom. The van der Waals surface area contributed by atoms with E-state index in [1.165, 1.54) is 40.8 Å². The predicted octanol–water partition coefficient (Wildman–Crippen LogP) is 6.42. The molecule has 0 saturated carbocycles. The zero-order valence-corrected chi connectivity index (χ0v) is 18.4. The number of nitrogens with zero attached hydrogens (tertiary/aromatic N) is 2. The summed E-state index contributed by atoms with van der Waals surface area (Å²) in [7, 11) is 0. The van der Waals surface area contributed by atoms with Gasteiger partial charge in [0.1, 0.15) is 5.00 Å². The first-order valence-electron chi connectivity index (χ1n) is 10.6. The molecule has 2 aromatic heterocycles. The third-order valence-electron chi connectivity index (χ3n) is 5.66. The average Bonchev–Trinajstić information content (AvgIpc) is 3.06. The molecule has 1 aliphatic carbocycles. The molecule has 0 radical (unpaired) electrons. The molecule has 3 aromatic rings. The van der Waals surface area contributed by atoms with Gasteiger partial charge in [0.05, 0.1) is 5.56 Å². The summed E-state index contributed by atoms with van der Waals surface area (Å²) in [5.41, 5.74) is 6.09. The van der Waals surface area contributed by atoms with Crippen molar-refractivity contribution in [2.75, 3.05) is 5.32 Å². The van der Waals surface area contributed by atoms with Gasteiger partial charge in [-0.05, 0) is 74.4 Å². The zero-order chi connectivity index (χ0) is 20.9. The Bertz CT molecular complexity index is 1070. The summed E-state index contributed by atoms with van der Waals surface area (Å²) in [6.07, 6.45) is 12.1. The second kappa shape index (κ2) is 9.35. The third-order valence-corrected chi connectivity index (χ3v) is 6.86. The van der Waals surface area contributed by atoms with Crippen LogP contribution in [0.25, 0.3) is 0 Å². The molecule has 0 spiro atoms. The molecule has 0 atom stereocenters. The lowest BCUT2D eigenvalue weighted by molar-refractivity contribution is 0.102. The van der Waals surface area contributed by atoms with Crippen molar-refractivity contribution in [2.45, 2.75) is 52.4 Å². The van der Waals surface area contributed by atoms with Gasteiger partial charge in [-0.1, -0.05) is 25.0 Å². The van der Waals surface area contributed by atoms with Gasteiger partial charge < -0.3 is 5.32 Å². The van der Waals surface area contributed by atoms with Gasteiger partial charge in [-0.2, -0.15) is 0 Å². The number of anilines is 1. The summed E-state index contributed by atoms with van der Waals surface area (Å²) < 4.78 is 0. The van der Waals surface area contributed by atoms with Gasteiger partial charge >= 0.3 is 0 Å². The fraction of sp³-hybridized carbons (Fsp3) is 0.320. The van der Waals surface area contributed by atoms with Crippen LogP contribution in [-0.4, -0.2) is 17.1 Å². The number of benzene rings is 1. The quantitative estimate of drug-likeness (QED) is 0.498. The van der Waals surface area contributed by atoms with Crippen LogP contribution in [0.2, 0.25) is 0 Å². The van der Waals surface area contributed by atoms with E-state index in [0.717, 1.165) is 41.1 Å². The minimum absolute atomic E-state index is 0.0605. The number of aromatic nitrogens is 1. The summed E-state index contributed by atoms with van der Waals surface area (Å²) in [5, 5.41) is 3.92. The van der Waals surface area contributed by atoms with E-state index < -0.39 is 0 Å². The molecule has 4 rings (SSSR count). The van der Waals surface area contributed by atoms with E-state index in [4.69, 9.17) is 4.99 Å². The Morgan fingerprint density at radius 3 is 2.70 bits per heavy atom. The van der Waals surface area contributed by atoms with Crippen molar-refractivity contribution in [3.05, 3.63) is 75.4 Å². The van der Waals surface area contributed by atoms with Crippen LogP contribution in [0, 0.1) is 13.8 Å². The molecule has 4 nitrogen and oxygen atoms in total. The number of thiophene rings is 1. The van der Waals surface area contributed by atoms with Crippen LogP contribution in [0.1, 0.15) is 63.2 Å². The van der Waals surface area contributed by atoms with E-state index >= 15 is 0 Å². The molecule has 0 unspecified atom stereocenters. The molecule has 0 fully saturated rings. The number of carbonyl (C=O) groups is 1. The molecule has 0 saturated heterocycles. The number of aliphatic imine (C=N–C) groups is 1. The topological polar surface area (TPSA) is 54.4 Å². The first-order valence-corrected chi connectivity index (χ1v) is 11.4. The number of pyridine rings is 1. The molecular formula is C25H27N3OS. The lowest BCUT2D eigenvalue weighted by Gasteiger charge is -2.12. The number of rotatable bonds is 4. The molecular weight excluding hydrogens is 390 g/mol. The number of carbonyl (C=O) groups excluding carboxylic acids is 1. The normalized spacial score (nSPS) is 14.2. The van der Waals surface area contributed by atoms with Crippen molar-refractivity contribution in [1.29, 1.82) is 0 Å². The number of fused-ring (bicyclic) bond motifs is 1. The molecule has 0 bridgehead atoms. The number of aryl methyl sites for hydroxylation is 3. The van der Waals surface area contributed by atoms with Crippen LogP contribution in [-0.2, 0) is 12.8 Å². The molecule has 1 aromatic carbocycles. The second-order valence-electron chi connectivity index (χ2n) is 7.90. The Hall–Kier alpha value is -2.79. The maximum atomic E-state index is 13.4. The van der Waals surface area contributed by atoms with Gasteiger partial charge in [0.25, 0.3) is 5.91 Å². The lowest BCUT2D eigenvalue weighted by Crippen LogP contribution is -2.14. The summed E-state index contributed by atoms with van der Waals surface area (Å²) in [4.78, 5) is 23.6. The first-order chi connectivity index (χ1) is 14.6. The zero-order valence-electron chi connectivity index (χ0n) is 17.6. The van der Waals surface area contributed by atoms with Gasteiger partial charge in [0.2, 0.25) is 0 Å². The van der Waals surface area contributed by atoms with Crippen LogP contribution in [0.15, 0.2) is 47.7 Å². The van der Waals surface area contributed by atoms with Crippen molar-refractivity contribution in [1.82, 2.24) is 4.98 Å². The maximum absolute atomic E-state index is 13.4. The highest BCUT2D eigenvalue weighted by Crippen LogP contribution is 2.39. The fourth-order valence-electron chi connectivity index (χ4n) is 3.83. The van der Waals surface area contributed by atoms with E-state index in [-0.39, 0.29) is 5.91 Å². The minimum Gasteiger partial charge on any atom is -0.322 e. The average molecular weight is 418 g/mol. The predicted molar refractivity (Wildman–Crippen MR) is 126 cm³/mol. The molecule has 1 N–H and O–H groups in total. The molecule has 30 heavy (non-hydrogen) atoms. The molecule has 0 aliphatic heterocycles. The summed E-state index contributed by atoms with van der Waals surface area (Å²) >= 11 is 1.67. The monoisotopic (exact) mass is 417 g/mol. The number of hydrogen-bond donors (Lipinski definition) is 1. The standard InChI is InChI=1S/C25H27N3OS/c1-17-11-12-20(14-18(17)2)28-24(29)23-21-9-5-3-4-6-10-22(21)30-25(23)27-16-19-8-7-13-26-15-19/h7-8,11-16H,3-6,9-10H2,1-2H3,(H,28,29). The van der Waals surface area contributed by atoms with Crippen molar-refractivity contribution < 1.29 is 4.79 Å². The summed E-state index contributed by atoms with van der Waals surface area (Å²) in [6.45, 7) is 4.14. The second-order valence-corrected chi connectivity index (χ2v) is 8.98. The molecule has 2 heterocycles. The SMILES string of the molecule is Cc1ccc(NC(=O)c2c(N=Cc3cccnc3)sc3c2CCCCCC3)cc1C. The Labute approximate surface area is 182 Å². The number of nitrogens with one attached hydrogen (secondary N) is 1. The van der Waals surface area contributed by atoms with E-state index in [1.807, 2.05) is 30.3 Å². The summed E-state index contributed by atoms with van der Waals surface area (Å²) in [6, 6.07) is 9.90. The Morgan fingerprint density at radius 1 is 1.10 bits per heavy atom. The van der Waals surface area contributed by atoms with Crippen LogP contribution in [0.3, 0.4) is 0 Å². The first kappa shape index (κ1) is 20.5. The molecule has 1 amide bonds. The maximum Gasteiger partial charge on any atom is 0.259 e. The van der Waals surface area contributed by atoms with Gasteiger partial charge in [0.15, 0.2) is 0 Å². The smallest absolute Gasteiger partial charge is 0.259 e. The van der Waals surface area contributed by atoms with Crippen LogP contribution in [0.5, 0.6) is 0 Å². The van der Waals surface area contributed by atoms with Crippen LogP contribution in [0.4, 0.5) is 10.7 Å². The van der Waals surface area contributed by atoms with Crippen LogP contribution < -0.4 is 5.32 Å². The van der Waals surface area contributed by atoms with Crippen molar-refractivity contribution >= 4 is 34.1 Å². The van der Waals surface area contributed by atoms with E-state index in [2.05, 4.69) is 24.1 Å². The van der Waals surface area contributed by atoms with E-state index in [1.54, 1.807) is 29.9 Å². The minimum atomic E-state index is -0.0605. The highest BCUT2D eigenvalue weighted by Gasteiger charge is 2.24. The van der Waals surface area contributed by atoms with Gasteiger partial charge in [-0.25, -0.2) is 4.99 Å². The molecule has 154 valence electrons. The van der Waals surface area contributed by atoms with Gasteiger partial charge in [-0.3, -0.25) is 9.78 Å². The van der Waals surface area contributed by atoms with Gasteiger partial charge in [-0.15, -0.1) is 11.3 Å². The largest absolute Gasteiger partial charge is 0.322 e. The highest BCUT2D eigenvalue weighted by molar-refractivity contribution is 7.16. The van der Waals surface area contributed by atoms with Crippen LogP contribution >= 0.6 is 11.3 Å². The Balaban J connectivity index is 1.70. The van der Waals surface area contributed by atoms with Crippen molar-refractivity contribution in [2.24, 2.45) is 4.99 Å². The van der Waals surface area contributed by atoms with E-state index in [9.17, 15) is 4.79 Å².